The number of sulfone groups is 1. The molecule has 1 aliphatic heterocycles. The van der Waals surface area contributed by atoms with Crippen molar-refractivity contribution in [1.29, 1.82) is 0 Å². The highest BCUT2D eigenvalue weighted by Gasteiger charge is 2.32. The third kappa shape index (κ3) is 2.73. The summed E-state index contributed by atoms with van der Waals surface area (Å²) in [5.41, 5.74) is 0.659. The molecule has 1 saturated heterocycles. The summed E-state index contributed by atoms with van der Waals surface area (Å²) in [6.45, 7) is 2.98. The van der Waals surface area contributed by atoms with Crippen molar-refractivity contribution in [2.75, 3.05) is 19.9 Å². The zero-order valence-corrected chi connectivity index (χ0v) is 12.9. The molecule has 1 unspecified atom stereocenters. The largest absolute Gasteiger partial charge is 0.494 e. The van der Waals surface area contributed by atoms with Crippen LogP contribution in [0.3, 0.4) is 0 Å². The average Bonchev–Trinajstić information content (AvgIpc) is 2.75. The number of hydrogen-bond acceptors (Lipinski definition) is 4. The molecule has 6 heteroatoms. The zero-order chi connectivity index (χ0) is 14.3. The highest BCUT2D eigenvalue weighted by atomic mass is 35.5. The van der Waals surface area contributed by atoms with Crippen LogP contribution < -0.4 is 10.1 Å². The van der Waals surface area contributed by atoms with Crippen molar-refractivity contribution in [3.8, 4) is 5.75 Å². The van der Waals surface area contributed by atoms with Gasteiger partial charge in [-0.15, -0.1) is 0 Å². The van der Waals surface area contributed by atoms with E-state index in [0.29, 0.717) is 5.02 Å². The summed E-state index contributed by atoms with van der Waals surface area (Å²) in [5, 5.41) is 3.73. The van der Waals surface area contributed by atoms with E-state index in [1.54, 1.807) is 12.1 Å². The van der Waals surface area contributed by atoms with Crippen molar-refractivity contribution < 1.29 is 13.2 Å². The van der Waals surface area contributed by atoms with Crippen LogP contribution in [0.4, 0.5) is 0 Å². The molecule has 4 nitrogen and oxygen atoms in total. The Morgan fingerprint density at radius 1 is 1.42 bits per heavy atom. The molecule has 0 amide bonds. The van der Waals surface area contributed by atoms with Gasteiger partial charge in [-0.25, -0.2) is 8.42 Å². The van der Waals surface area contributed by atoms with E-state index >= 15 is 0 Å². The second-order valence-corrected chi connectivity index (χ2v) is 7.52. The maximum absolute atomic E-state index is 11.9. The fourth-order valence-electron chi connectivity index (χ4n) is 2.50. The van der Waals surface area contributed by atoms with Gasteiger partial charge in [0.05, 0.1) is 12.1 Å². The summed E-state index contributed by atoms with van der Waals surface area (Å²) >= 11 is 6.16. The predicted molar refractivity (Wildman–Crippen MR) is 75.7 cm³/mol. The lowest BCUT2D eigenvalue weighted by Crippen LogP contribution is -2.33. The Labute approximate surface area is 119 Å². The van der Waals surface area contributed by atoms with Gasteiger partial charge < -0.3 is 10.1 Å². The first-order valence-electron chi connectivity index (χ1n) is 6.11. The second kappa shape index (κ2) is 4.96. The molecule has 19 heavy (non-hydrogen) atoms. The topological polar surface area (TPSA) is 55.4 Å². The molecule has 0 saturated carbocycles. The van der Waals surface area contributed by atoms with Crippen LogP contribution in [0, 0.1) is 0 Å². The molecule has 1 aliphatic rings. The van der Waals surface area contributed by atoms with Crippen LogP contribution in [0.25, 0.3) is 0 Å². The van der Waals surface area contributed by atoms with Crippen molar-refractivity contribution in [3.63, 3.8) is 0 Å². The zero-order valence-electron chi connectivity index (χ0n) is 11.3. The van der Waals surface area contributed by atoms with Crippen LogP contribution in [0.5, 0.6) is 5.75 Å². The van der Waals surface area contributed by atoms with E-state index in [0.717, 1.165) is 31.2 Å². The molecule has 0 aliphatic carbocycles. The Kier molecular flexibility index (Phi) is 3.82. The Morgan fingerprint density at radius 3 is 2.58 bits per heavy atom. The third-order valence-corrected chi connectivity index (χ3v) is 5.00. The van der Waals surface area contributed by atoms with Gasteiger partial charge in [0.2, 0.25) is 0 Å². The lowest BCUT2D eigenvalue weighted by Gasteiger charge is -2.26. The Bertz CT molecular complexity index is 592. The van der Waals surface area contributed by atoms with Crippen molar-refractivity contribution in [2.24, 2.45) is 0 Å². The molecule has 1 heterocycles. The van der Waals surface area contributed by atoms with Crippen LogP contribution in [0.1, 0.15) is 25.3 Å². The molecule has 1 fully saturated rings. The molecule has 0 spiro atoms. The third-order valence-electron chi connectivity index (χ3n) is 3.62. The van der Waals surface area contributed by atoms with Crippen molar-refractivity contribution >= 4 is 21.4 Å². The summed E-state index contributed by atoms with van der Waals surface area (Å²) in [5.74, 6) is 0.217. The maximum atomic E-state index is 11.9. The van der Waals surface area contributed by atoms with Crippen molar-refractivity contribution in [3.05, 3.63) is 22.7 Å². The molecular weight excluding hydrogens is 286 g/mol. The molecule has 0 bridgehead atoms. The minimum atomic E-state index is -3.38. The van der Waals surface area contributed by atoms with Gasteiger partial charge in [0.25, 0.3) is 0 Å². The highest BCUT2D eigenvalue weighted by molar-refractivity contribution is 7.90. The second-order valence-electron chi connectivity index (χ2n) is 5.12. The lowest BCUT2D eigenvalue weighted by molar-refractivity contribution is 0.398. The van der Waals surface area contributed by atoms with Gasteiger partial charge >= 0.3 is 0 Å². The molecule has 1 N–H and O–H groups in total. The van der Waals surface area contributed by atoms with Crippen LogP contribution in [0.15, 0.2) is 17.0 Å². The van der Waals surface area contributed by atoms with Gasteiger partial charge in [-0.3, -0.25) is 0 Å². The molecule has 106 valence electrons. The summed E-state index contributed by atoms with van der Waals surface area (Å²) in [4.78, 5) is 0.146. The van der Waals surface area contributed by atoms with E-state index < -0.39 is 9.84 Å². The molecule has 1 aromatic rings. The lowest BCUT2D eigenvalue weighted by atomic mass is 9.90. The normalized spacial score (nSPS) is 23.6. The van der Waals surface area contributed by atoms with Crippen molar-refractivity contribution in [2.45, 2.75) is 30.2 Å². The van der Waals surface area contributed by atoms with Gasteiger partial charge in [-0.1, -0.05) is 11.6 Å². The minimum Gasteiger partial charge on any atom is -0.494 e. The van der Waals surface area contributed by atoms with Gasteiger partial charge in [0.15, 0.2) is 15.6 Å². The van der Waals surface area contributed by atoms with Gasteiger partial charge in [-0.05, 0) is 44.0 Å². The number of benzene rings is 1. The molecule has 0 radical (unpaired) electrons. The van der Waals surface area contributed by atoms with E-state index in [1.165, 1.54) is 7.11 Å². The van der Waals surface area contributed by atoms with Crippen LogP contribution >= 0.6 is 11.6 Å². The van der Waals surface area contributed by atoms with Gasteiger partial charge in [-0.2, -0.15) is 0 Å². The maximum Gasteiger partial charge on any atom is 0.179 e. The first-order chi connectivity index (χ1) is 8.78. The Morgan fingerprint density at radius 2 is 2.11 bits per heavy atom. The number of nitrogens with one attached hydrogen (secondary N) is 1. The van der Waals surface area contributed by atoms with E-state index in [9.17, 15) is 8.42 Å². The smallest absolute Gasteiger partial charge is 0.179 e. The van der Waals surface area contributed by atoms with Crippen LogP contribution in [-0.2, 0) is 15.4 Å². The number of hydrogen-bond donors (Lipinski definition) is 1. The highest BCUT2D eigenvalue weighted by Crippen LogP contribution is 2.39. The number of halogens is 1. The molecule has 0 aromatic heterocycles. The summed E-state index contributed by atoms with van der Waals surface area (Å²) in [6, 6.07) is 3.45. The van der Waals surface area contributed by atoms with Crippen LogP contribution in [0.2, 0.25) is 5.02 Å². The molecule has 1 aromatic carbocycles. The first-order valence-corrected chi connectivity index (χ1v) is 8.38. The first kappa shape index (κ1) is 14.6. The predicted octanol–water partition coefficient (Wildman–Crippen LogP) is 2.35. The number of ether oxygens (including phenoxy) is 1. The molecular formula is C13H18ClNO3S. The Balaban J connectivity index is 2.63. The van der Waals surface area contributed by atoms with E-state index in [-0.39, 0.29) is 16.2 Å². The quantitative estimate of drug-likeness (QED) is 0.931. The van der Waals surface area contributed by atoms with E-state index in [4.69, 9.17) is 16.3 Å². The summed E-state index contributed by atoms with van der Waals surface area (Å²) in [7, 11) is -1.96. The van der Waals surface area contributed by atoms with Gasteiger partial charge in [0, 0.05) is 11.8 Å². The SMILES string of the molecule is COc1c(Cl)cc(C2(C)CCCN2)cc1S(C)(=O)=O. The molecule has 1 atom stereocenters. The fourth-order valence-corrected chi connectivity index (χ4v) is 3.72. The number of rotatable bonds is 3. The minimum absolute atomic E-state index is 0.146. The fraction of sp³-hybridized carbons (Fsp3) is 0.538. The van der Waals surface area contributed by atoms with E-state index in [1.807, 2.05) is 0 Å². The standard InChI is InChI=1S/C13H18ClNO3S/c1-13(5-4-6-15-13)9-7-10(14)12(18-2)11(8-9)19(3,16)17/h7-8,15H,4-6H2,1-3H3. The average molecular weight is 304 g/mol. The summed E-state index contributed by atoms with van der Waals surface area (Å²) < 4.78 is 28.9. The summed E-state index contributed by atoms with van der Waals surface area (Å²) in [6.07, 6.45) is 3.18. The van der Waals surface area contributed by atoms with E-state index in [2.05, 4.69) is 12.2 Å². The monoisotopic (exact) mass is 303 g/mol. The Hall–Kier alpha value is -0.780. The molecule has 2 rings (SSSR count). The van der Waals surface area contributed by atoms with Crippen molar-refractivity contribution in [1.82, 2.24) is 5.32 Å². The number of methoxy groups -OCH3 is 1. The van der Waals surface area contributed by atoms with Gasteiger partial charge in [0.1, 0.15) is 4.90 Å². The van der Waals surface area contributed by atoms with Crippen LogP contribution in [-0.4, -0.2) is 28.3 Å².